The van der Waals surface area contributed by atoms with E-state index in [0.29, 0.717) is 52.8 Å². The molecule has 11 rings (SSSR count). The summed E-state index contributed by atoms with van der Waals surface area (Å²) in [6.45, 7) is 11.2. The number of ether oxygens (including phenoxy) is 1. The predicted octanol–water partition coefficient (Wildman–Crippen LogP) is 23.1. The normalized spacial score (nSPS) is 16.7. The number of halogens is 10. The summed E-state index contributed by atoms with van der Waals surface area (Å²) in [5, 5.41) is 0. The lowest BCUT2D eigenvalue weighted by atomic mass is 9.79. The van der Waals surface area contributed by atoms with Gasteiger partial charge in [0.05, 0.1) is 0 Å². The van der Waals surface area contributed by atoms with E-state index in [1.807, 2.05) is 74.5 Å². The number of benzene rings is 9. The Kier molecular flexibility index (Phi) is 20.4. The van der Waals surface area contributed by atoms with Gasteiger partial charge in [0.1, 0.15) is 57.9 Å². The molecule has 0 saturated heterocycles. The fourth-order valence-corrected chi connectivity index (χ4v) is 11.1. The van der Waals surface area contributed by atoms with Crippen LogP contribution in [0.2, 0.25) is 0 Å². The fourth-order valence-electron chi connectivity index (χ4n) is 11.1. The maximum Gasteiger partial charge on any atom is 0.432 e. The summed E-state index contributed by atoms with van der Waals surface area (Å²) in [7, 11) is 0. The fraction of sp³-hybridized carbons (Fsp3) is 0.270. The molecule has 0 heterocycles. The Morgan fingerprint density at radius 2 is 0.635 bits per heavy atom. The van der Waals surface area contributed by atoms with E-state index in [1.165, 1.54) is 105 Å². The van der Waals surface area contributed by atoms with Crippen molar-refractivity contribution in [3.05, 3.63) is 255 Å². The zero-order chi connectivity index (χ0) is 60.0. The quantitative estimate of drug-likeness (QED) is 0.124. The Bertz CT molecular complexity index is 3660. The Balaban J connectivity index is 0.000000170. The lowest BCUT2D eigenvalue weighted by Gasteiger charge is -2.26. The van der Waals surface area contributed by atoms with Gasteiger partial charge in [-0.15, -0.1) is 0 Å². The molecule has 11 heteroatoms. The molecular weight excluding hydrogens is 1090 g/mol. The molecule has 1 nitrogen and oxygen atoms in total. The number of rotatable bonds is 10. The van der Waals surface area contributed by atoms with Crippen LogP contribution in [-0.2, 0) is 6.11 Å². The Morgan fingerprint density at radius 1 is 0.329 bits per heavy atom. The van der Waals surface area contributed by atoms with E-state index in [9.17, 15) is 43.9 Å². The van der Waals surface area contributed by atoms with E-state index in [-0.39, 0.29) is 29.9 Å². The van der Waals surface area contributed by atoms with Crippen molar-refractivity contribution in [3.8, 4) is 61.4 Å². The Labute approximate surface area is 493 Å². The standard InChI is InChI=1S/C27H17F7O.C26H27F.C20H22F2.CH4/c1-14-3-5-16(6-4-14)17-7-8-20(23(30)9-17)18-10-24(31)26(25(32)11-18)27(33,34)35-19-12-21(28)15(2)22(29)13-19;1-18-3-7-20(8-4-18)21-11-13-22(14-12-21)24-15-16-25(26(27)17-24)23-9-5-19(2)6-10-23;1-13-3-5-15(6-4-13)16-7-9-17(10-8-16)18-11-19(21)14(2)20(22)12-18;/h3-13H,1-2H3;5-6,9-18,20H,3-4,7-8H2,1-2H3;7-13,15H,3-6H2,1-2H3;1H4. The van der Waals surface area contributed by atoms with Crippen LogP contribution in [-0.4, -0.2) is 0 Å². The van der Waals surface area contributed by atoms with Crippen molar-refractivity contribution >= 4 is 0 Å². The Morgan fingerprint density at radius 3 is 1.02 bits per heavy atom. The molecule has 9 aromatic rings. The Hall–Kier alpha value is -7.92. The van der Waals surface area contributed by atoms with E-state index in [4.69, 9.17) is 0 Å². The number of aryl methyl sites for hydroxylation is 2. The molecular formula is C74H70F10O. The van der Waals surface area contributed by atoms with Crippen molar-refractivity contribution in [2.75, 3.05) is 0 Å². The lowest BCUT2D eigenvalue weighted by Crippen LogP contribution is -2.25. The van der Waals surface area contributed by atoms with E-state index in [1.54, 1.807) is 18.2 Å². The number of alkyl halides is 2. The van der Waals surface area contributed by atoms with Crippen molar-refractivity contribution in [1.29, 1.82) is 0 Å². The minimum absolute atomic E-state index is 0. The van der Waals surface area contributed by atoms with Crippen LogP contribution >= 0.6 is 0 Å². The molecule has 9 aromatic carbocycles. The molecule has 0 unspecified atom stereocenters. The van der Waals surface area contributed by atoms with Gasteiger partial charge in [0, 0.05) is 34.4 Å². The molecule has 85 heavy (non-hydrogen) atoms. The molecule has 2 saturated carbocycles. The SMILES string of the molecule is C.Cc1c(F)cc(-c2ccc(C3CCC(C)CC3)cc2)cc1F.Cc1ccc(-c2ccc(-c3cc(F)c(C(F)(F)Oc4cc(F)c(C)c(F)c4)c(F)c3)c(F)c2)cc1.Cc1ccc(-c2ccc(-c3ccc(C4CCC(C)CC4)cc3)cc2F)cc1. The third kappa shape index (κ3) is 15.3. The van der Waals surface area contributed by atoms with E-state index >= 15 is 0 Å². The van der Waals surface area contributed by atoms with Gasteiger partial charge < -0.3 is 4.74 Å². The molecule has 0 aromatic heterocycles. The van der Waals surface area contributed by atoms with Gasteiger partial charge in [0.2, 0.25) is 0 Å². The molecule has 2 fully saturated rings. The maximum absolute atomic E-state index is 14.8. The maximum atomic E-state index is 14.8. The first-order chi connectivity index (χ1) is 40.1. The van der Waals surface area contributed by atoms with Crippen molar-refractivity contribution in [2.24, 2.45) is 11.8 Å². The summed E-state index contributed by atoms with van der Waals surface area (Å²) in [6, 6.07) is 46.6. The first-order valence-electron chi connectivity index (χ1n) is 28.5. The second-order valence-corrected chi connectivity index (χ2v) is 22.8. The van der Waals surface area contributed by atoms with Crippen LogP contribution in [0.15, 0.2) is 170 Å². The third-order valence-electron chi connectivity index (χ3n) is 16.6. The zero-order valence-corrected chi connectivity index (χ0v) is 47.8. The van der Waals surface area contributed by atoms with Gasteiger partial charge in [-0.25, -0.2) is 35.1 Å². The second kappa shape index (κ2) is 27.4. The molecule has 0 atom stereocenters. The van der Waals surface area contributed by atoms with E-state index in [0.717, 1.165) is 52.1 Å². The molecule has 0 N–H and O–H groups in total. The summed E-state index contributed by atoms with van der Waals surface area (Å²) in [6.07, 6.45) is 5.70. The summed E-state index contributed by atoms with van der Waals surface area (Å²) >= 11 is 0. The van der Waals surface area contributed by atoms with E-state index in [2.05, 4.69) is 55.0 Å². The molecule has 0 amide bonds. The summed E-state index contributed by atoms with van der Waals surface area (Å²) in [5.41, 5.74) is 8.62. The van der Waals surface area contributed by atoms with Gasteiger partial charge in [0.15, 0.2) is 0 Å². The topological polar surface area (TPSA) is 9.23 Å². The highest BCUT2D eigenvalue weighted by Crippen LogP contribution is 2.41. The van der Waals surface area contributed by atoms with Gasteiger partial charge in [0.25, 0.3) is 0 Å². The van der Waals surface area contributed by atoms with Gasteiger partial charge in [-0.3, -0.25) is 0 Å². The van der Waals surface area contributed by atoms with Crippen LogP contribution in [0.3, 0.4) is 0 Å². The molecule has 0 spiro atoms. The van der Waals surface area contributed by atoms with Crippen molar-refractivity contribution in [2.45, 2.75) is 118 Å². The van der Waals surface area contributed by atoms with Crippen LogP contribution in [0.5, 0.6) is 5.75 Å². The zero-order valence-electron chi connectivity index (χ0n) is 47.8. The molecule has 0 bridgehead atoms. The van der Waals surface area contributed by atoms with Crippen LogP contribution < -0.4 is 4.74 Å². The predicted molar refractivity (Wildman–Crippen MR) is 324 cm³/mol. The molecule has 2 aliphatic rings. The van der Waals surface area contributed by atoms with Crippen LogP contribution in [0, 0.1) is 86.1 Å². The first kappa shape index (κ1) is 63.1. The minimum atomic E-state index is -4.62. The molecule has 0 aliphatic heterocycles. The van der Waals surface area contributed by atoms with Gasteiger partial charge in [-0.1, -0.05) is 179 Å². The van der Waals surface area contributed by atoms with Crippen LogP contribution in [0.1, 0.15) is 123 Å². The lowest BCUT2D eigenvalue weighted by molar-refractivity contribution is -0.189. The van der Waals surface area contributed by atoms with Gasteiger partial charge >= 0.3 is 6.11 Å². The highest BCUT2D eigenvalue weighted by atomic mass is 19.3. The van der Waals surface area contributed by atoms with Crippen LogP contribution in [0.4, 0.5) is 43.9 Å². The highest BCUT2D eigenvalue weighted by Gasteiger charge is 2.42. The molecule has 0 radical (unpaired) electrons. The molecule has 442 valence electrons. The monoisotopic (exact) mass is 1160 g/mol. The minimum Gasteiger partial charge on any atom is -0.429 e. The average molecular weight is 1170 g/mol. The van der Waals surface area contributed by atoms with Gasteiger partial charge in [-0.2, -0.15) is 8.78 Å². The van der Waals surface area contributed by atoms with Crippen molar-refractivity contribution < 1.29 is 48.6 Å². The highest BCUT2D eigenvalue weighted by molar-refractivity contribution is 5.73. The first-order valence-corrected chi connectivity index (χ1v) is 28.5. The van der Waals surface area contributed by atoms with Gasteiger partial charge in [-0.05, 0) is 169 Å². The molecule has 2 aliphatic carbocycles. The summed E-state index contributed by atoms with van der Waals surface area (Å²) in [4.78, 5) is 0. The largest absolute Gasteiger partial charge is 0.432 e. The average Bonchev–Trinajstić information content (AvgIpc) is 2.45. The second-order valence-electron chi connectivity index (χ2n) is 22.8. The van der Waals surface area contributed by atoms with Crippen molar-refractivity contribution in [1.82, 2.24) is 0 Å². The van der Waals surface area contributed by atoms with Crippen LogP contribution in [0.25, 0.3) is 55.6 Å². The number of hydrogen-bond acceptors (Lipinski definition) is 1. The number of hydrogen-bond donors (Lipinski definition) is 0. The summed E-state index contributed by atoms with van der Waals surface area (Å²) in [5.74, 6) is -5.66. The third-order valence-corrected chi connectivity index (χ3v) is 16.6. The van der Waals surface area contributed by atoms with E-state index < -0.39 is 63.7 Å². The summed E-state index contributed by atoms with van der Waals surface area (Å²) < 4.78 is 147. The smallest absolute Gasteiger partial charge is 0.429 e. The van der Waals surface area contributed by atoms with Crippen molar-refractivity contribution in [3.63, 3.8) is 0 Å².